The van der Waals surface area contributed by atoms with Crippen molar-refractivity contribution in [1.82, 2.24) is 10.3 Å². The first kappa shape index (κ1) is 15.4. The van der Waals surface area contributed by atoms with Crippen molar-refractivity contribution in [3.8, 4) is 0 Å². The van der Waals surface area contributed by atoms with Crippen molar-refractivity contribution in [1.29, 1.82) is 0 Å². The molecule has 0 saturated heterocycles. The summed E-state index contributed by atoms with van der Waals surface area (Å²) < 4.78 is 5.54. The Kier molecular flexibility index (Phi) is 5.76. The van der Waals surface area contributed by atoms with E-state index in [1.807, 2.05) is 27.7 Å². The Balaban J connectivity index is 2.60. The Morgan fingerprint density at radius 3 is 2.79 bits per heavy atom. The van der Waals surface area contributed by atoms with Gasteiger partial charge in [0.05, 0.1) is 5.60 Å². The highest BCUT2D eigenvalue weighted by atomic mass is 16.5. The third kappa shape index (κ3) is 5.26. The summed E-state index contributed by atoms with van der Waals surface area (Å²) in [4.78, 5) is 16.2. The van der Waals surface area contributed by atoms with E-state index in [4.69, 9.17) is 4.74 Å². The Labute approximate surface area is 114 Å². The molecule has 0 aromatic carbocycles. The number of amides is 1. The summed E-state index contributed by atoms with van der Waals surface area (Å²) in [5.41, 5.74) is 0.236. The van der Waals surface area contributed by atoms with Crippen molar-refractivity contribution < 1.29 is 9.53 Å². The molecule has 0 fully saturated rings. The number of carbonyl (C=O) groups excluding carboxylic acids is 1. The molecule has 1 heterocycles. The van der Waals surface area contributed by atoms with Crippen LogP contribution in [-0.4, -0.2) is 36.2 Å². The van der Waals surface area contributed by atoms with E-state index >= 15 is 0 Å². The van der Waals surface area contributed by atoms with Crippen molar-refractivity contribution in [3.63, 3.8) is 0 Å². The predicted octanol–water partition coefficient (Wildman–Crippen LogP) is 2.06. The number of hydrogen-bond acceptors (Lipinski definition) is 4. The summed E-state index contributed by atoms with van der Waals surface area (Å²) in [6.45, 7) is 9.70. The predicted molar refractivity (Wildman–Crippen MR) is 76.4 cm³/mol. The first-order valence-electron chi connectivity index (χ1n) is 6.60. The van der Waals surface area contributed by atoms with Gasteiger partial charge >= 0.3 is 0 Å². The van der Waals surface area contributed by atoms with E-state index in [0.29, 0.717) is 24.5 Å². The SMILES string of the molecule is CCNc1cc(C(=O)NCC(C)(C)OCC)ccn1. The summed E-state index contributed by atoms with van der Waals surface area (Å²) in [6, 6.07) is 3.44. The number of nitrogens with zero attached hydrogens (tertiary/aromatic N) is 1. The van der Waals surface area contributed by atoms with Crippen LogP contribution < -0.4 is 10.6 Å². The number of rotatable bonds is 7. The van der Waals surface area contributed by atoms with E-state index in [1.165, 1.54) is 0 Å². The van der Waals surface area contributed by atoms with Gasteiger partial charge in [0.1, 0.15) is 5.82 Å². The number of pyridine rings is 1. The highest BCUT2D eigenvalue weighted by molar-refractivity contribution is 5.94. The molecule has 0 aliphatic rings. The fourth-order valence-corrected chi connectivity index (χ4v) is 1.69. The maximum Gasteiger partial charge on any atom is 0.251 e. The average molecular weight is 265 g/mol. The Bertz CT molecular complexity index is 419. The average Bonchev–Trinajstić information content (AvgIpc) is 2.37. The molecular weight excluding hydrogens is 242 g/mol. The van der Waals surface area contributed by atoms with Gasteiger partial charge < -0.3 is 15.4 Å². The van der Waals surface area contributed by atoms with Crippen molar-refractivity contribution >= 4 is 11.7 Å². The molecular formula is C14H23N3O2. The van der Waals surface area contributed by atoms with Crippen LogP contribution in [0.25, 0.3) is 0 Å². The van der Waals surface area contributed by atoms with E-state index in [-0.39, 0.29) is 11.5 Å². The van der Waals surface area contributed by atoms with Gasteiger partial charge in [-0.3, -0.25) is 4.79 Å². The molecule has 5 heteroatoms. The van der Waals surface area contributed by atoms with Gasteiger partial charge in [-0.2, -0.15) is 0 Å². The molecule has 1 aromatic heterocycles. The zero-order valence-corrected chi connectivity index (χ0v) is 12.1. The topological polar surface area (TPSA) is 63.2 Å². The third-order valence-electron chi connectivity index (χ3n) is 2.59. The van der Waals surface area contributed by atoms with E-state index < -0.39 is 0 Å². The van der Waals surface area contributed by atoms with Crippen molar-refractivity contribution in [2.75, 3.05) is 25.0 Å². The van der Waals surface area contributed by atoms with Gasteiger partial charge in [-0.1, -0.05) is 0 Å². The van der Waals surface area contributed by atoms with Gasteiger partial charge in [0, 0.05) is 31.5 Å². The molecule has 5 nitrogen and oxygen atoms in total. The minimum atomic E-state index is -0.359. The summed E-state index contributed by atoms with van der Waals surface area (Å²) >= 11 is 0. The summed E-state index contributed by atoms with van der Waals surface area (Å²) in [6.07, 6.45) is 1.63. The minimum absolute atomic E-state index is 0.116. The van der Waals surface area contributed by atoms with Crippen LogP contribution in [0.2, 0.25) is 0 Å². The van der Waals surface area contributed by atoms with E-state index in [1.54, 1.807) is 18.3 Å². The highest BCUT2D eigenvalue weighted by Crippen LogP contribution is 2.09. The number of nitrogens with one attached hydrogen (secondary N) is 2. The van der Waals surface area contributed by atoms with Crippen molar-refractivity contribution in [2.45, 2.75) is 33.3 Å². The van der Waals surface area contributed by atoms with Crippen LogP contribution in [0, 0.1) is 0 Å². The molecule has 0 atom stereocenters. The second-order valence-corrected chi connectivity index (χ2v) is 4.84. The first-order valence-corrected chi connectivity index (χ1v) is 6.60. The van der Waals surface area contributed by atoms with Crippen LogP contribution in [0.5, 0.6) is 0 Å². The molecule has 0 saturated carbocycles. The molecule has 1 amide bonds. The smallest absolute Gasteiger partial charge is 0.251 e. The molecule has 1 rings (SSSR count). The molecule has 106 valence electrons. The Morgan fingerprint density at radius 2 is 2.16 bits per heavy atom. The molecule has 0 bridgehead atoms. The first-order chi connectivity index (χ1) is 8.98. The lowest BCUT2D eigenvalue weighted by molar-refractivity contribution is -0.00815. The lowest BCUT2D eigenvalue weighted by atomic mass is 10.1. The minimum Gasteiger partial charge on any atom is -0.374 e. The van der Waals surface area contributed by atoms with Crippen LogP contribution in [0.15, 0.2) is 18.3 Å². The third-order valence-corrected chi connectivity index (χ3v) is 2.59. The normalized spacial score (nSPS) is 11.2. The Hall–Kier alpha value is -1.62. The summed E-state index contributed by atoms with van der Waals surface area (Å²) in [7, 11) is 0. The standard InChI is InChI=1S/C14H23N3O2/c1-5-15-12-9-11(7-8-16-12)13(18)17-10-14(3,4)19-6-2/h7-9H,5-6,10H2,1-4H3,(H,15,16)(H,17,18). The quantitative estimate of drug-likeness (QED) is 0.792. The monoisotopic (exact) mass is 265 g/mol. The second-order valence-electron chi connectivity index (χ2n) is 4.84. The molecule has 1 aromatic rings. The van der Waals surface area contributed by atoms with Gasteiger partial charge in [-0.05, 0) is 39.8 Å². The number of hydrogen-bond donors (Lipinski definition) is 2. The van der Waals surface area contributed by atoms with E-state index in [9.17, 15) is 4.79 Å². The Morgan fingerprint density at radius 1 is 1.42 bits per heavy atom. The molecule has 0 aliphatic heterocycles. The van der Waals surface area contributed by atoms with Crippen LogP contribution in [0.4, 0.5) is 5.82 Å². The molecule has 0 aliphatic carbocycles. The largest absolute Gasteiger partial charge is 0.374 e. The highest BCUT2D eigenvalue weighted by Gasteiger charge is 2.19. The van der Waals surface area contributed by atoms with Gasteiger partial charge in [0.2, 0.25) is 0 Å². The van der Waals surface area contributed by atoms with Gasteiger partial charge in [0.15, 0.2) is 0 Å². The van der Waals surface area contributed by atoms with Crippen LogP contribution >= 0.6 is 0 Å². The van der Waals surface area contributed by atoms with Crippen LogP contribution in [0.3, 0.4) is 0 Å². The van der Waals surface area contributed by atoms with Crippen LogP contribution in [-0.2, 0) is 4.74 Å². The zero-order chi connectivity index (χ0) is 14.3. The van der Waals surface area contributed by atoms with Gasteiger partial charge in [-0.25, -0.2) is 4.98 Å². The molecule has 0 unspecified atom stereocenters. The van der Waals surface area contributed by atoms with Crippen LogP contribution in [0.1, 0.15) is 38.1 Å². The molecule has 0 radical (unpaired) electrons. The number of aromatic nitrogens is 1. The second kappa shape index (κ2) is 7.09. The maximum atomic E-state index is 12.0. The lowest BCUT2D eigenvalue weighted by Crippen LogP contribution is -2.40. The fraction of sp³-hybridized carbons (Fsp3) is 0.571. The van der Waals surface area contributed by atoms with Gasteiger partial charge in [0.25, 0.3) is 5.91 Å². The van der Waals surface area contributed by atoms with E-state index in [0.717, 1.165) is 6.54 Å². The molecule has 0 spiro atoms. The van der Waals surface area contributed by atoms with Crippen molar-refractivity contribution in [2.24, 2.45) is 0 Å². The lowest BCUT2D eigenvalue weighted by Gasteiger charge is -2.24. The number of carbonyl (C=O) groups is 1. The zero-order valence-electron chi connectivity index (χ0n) is 12.1. The van der Waals surface area contributed by atoms with E-state index in [2.05, 4.69) is 15.6 Å². The maximum absolute atomic E-state index is 12.0. The van der Waals surface area contributed by atoms with Gasteiger partial charge in [-0.15, -0.1) is 0 Å². The molecule has 19 heavy (non-hydrogen) atoms. The fourth-order valence-electron chi connectivity index (χ4n) is 1.69. The summed E-state index contributed by atoms with van der Waals surface area (Å²) in [5.74, 6) is 0.591. The number of anilines is 1. The molecule has 2 N–H and O–H groups in total. The number of ether oxygens (including phenoxy) is 1. The van der Waals surface area contributed by atoms with Crippen molar-refractivity contribution in [3.05, 3.63) is 23.9 Å². The summed E-state index contributed by atoms with van der Waals surface area (Å²) in [5, 5.41) is 5.95.